The van der Waals surface area contributed by atoms with Crippen LogP contribution in [0.25, 0.3) is 5.57 Å². The number of rotatable bonds is 9. The highest BCUT2D eigenvalue weighted by atomic mass is 32.1. The number of hydrogen-bond donors (Lipinski definition) is 3. The van der Waals surface area contributed by atoms with E-state index in [1.165, 1.54) is 11.1 Å². The Balaban J connectivity index is 1.36. The number of likely N-dealkylation sites (N-methyl/N-ethyl adjacent to an activating group) is 1. The molecule has 0 spiro atoms. The molecule has 196 valence electrons. The van der Waals surface area contributed by atoms with E-state index >= 15 is 0 Å². The normalized spacial score (nSPS) is 15.3. The molecule has 38 heavy (non-hydrogen) atoms. The maximum Gasteiger partial charge on any atom is 0.257 e. The van der Waals surface area contributed by atoms with Crippen molar-refractivity contribution in [1.82, 2.24) is 15.2 Å². The summed E-state index contributed by atoms with van der Waals surface area (Å²) in [6.45, 7) is 4.02. The molecule has 2 aromatic carbocycles. The zero-order valence-electron chi connectivity index (χ0n) is 21.7. The third-order valence-corrected chi connectivity index (χ3v) is 7.60. The molecule has 1 aromatic heterocycles. The number of nitrogens with two attached hydrogens (primary N) is 1. The predicted octanol–water partition coefficient (Wildman–Crippen LogP) is 4.79. The number of nitrogens with one attached hydrogen (secondary N) is 2. The molecule has 1 aliphatic carbocycles. The van der Waals surface area contributed by atoms with Gasteiger partial charge in [0.15, 0.2) is 5.13 Å². The fourth-order valence-electron chi connectivity index (χ4n) is 4.42. The first-order valence-corrected chi connectivity index (χ1v) is 13.3. The van der Waals surface area contributed by atoms with Gasteiger partial charge in [-0.05, 0) is 86.6 Å². The number of aromatic nitrogens is 1. The van der Waals surface area contributed by atoms with Crippen LogP contribution in [0.15, 0.2) is 79.5 Å². The summed E-state index contributed by atoms with van der Waals surface area (Å²) in [6, 6.07) is 15.0. The summed E-state index contributed by atoms with van der Waals surface area (Å²) >= 11 is 1.56. The van der Waals surface area contributed by atoms with Crippen molar-refractivity contribution in [3.63, 3.8) is 0 Å². The third-order valence-electron chi connectivity index (χ3n) is 6.56. The van der Waals surface area contributed by atoms with Crippen LogP contribution < -0.4 is 16.4 Å². The molecule has 2 amide bonds. The number of thiazole rings is 1. The molecule has 3 aromatic rings. The molecule has 0 saturated carbocycles. The molecule has 0 saturated heterocycles. The minimum atomic E-state index is -0.209. The van der Waals surface area contributed by atoms with Crippen molar-refractivity contribution in [2.24, 2.45) is 5.73 Å². The van der Waals surface area contributed by atoms with Crippen molar-refractivity contribution in [3.05, 3.63) is 112 Å². The van der Waals surface area contributed by atoms with Gasteiger partial charge in [-0.1, -0.05) is 43.0 Å². The number of carbonyl (C=O) groups is 2. The first-order chi connectivity index (χ1) is 18.4. The Kier molecular flexibility index (Phi) is 8.89. The highest BCUT2D eigenvalue weighted by molar-refractivity contribution is 7.15. The quantitative estimate of drug-likeness (QED) is 0.348. The highest BCUT2D eigenvalue weighted by Gasteiger charge is 2.24. The summed E-state index contributed by atoms with van der Waals surface area (Å²) in [5.41, 5.74) is 10.3. The van der Waals surface area contributed by atoms with Gasteiger partial charge in [0.1, 0.15) is 0 Å². The van der Waals surface area contributed by atoms with Gasteiger partial charge in [-0.3, -0.25) is 14.9 Å². The van der Waals surface area contributed by atoms with Crippen LogP contribution in [0.5, 0.6) is 0 Å². The molecule has 1 heterocycles. The molecule has 7 nitrogen and oxygen atoms in total. The maximum absolute atomic E-state index is 12.9. The van der Waals surface area contributed by atoms with Crippen LogP contribution in [0.2, 0.25) is 0 Å². The molecule has 0 bridgehead atoms. The molecule has 0 fully saturated rings. The topological polar surface area (TPSA) is 100 Å². The minimum absolute atomic E-state index is 0.195. The summed E-state index contributed by atoms with van der Waals surface area (Å²) in [5, 5.41) is 6.51. The van der Waals surface area contributed by atoms with Gasteiger partial charge in [0.2, 0.25) is 0 Å². The lowest BCUT2D eigenvalue weighted by atomic mass is 9.97. The van der Waals surface area contributed by atoms with E-state index in [1.54, 1.807) is 47.8 Å². The van der Waals surface area contributed by atoms with Gasteiger partial charge in [0.25, 0.3) is 11.8 Å². The molecule has 0 aliphatic heterocycles. The van der Waals surface area contributed by atoms with E-state index in [-0.39, 0.29) is 11.8 Å². The Labute approximate surface area is 227 Å². The number of aryl methyl sites for hydroxylation is 1. The second-order valence-corrected chi connectivity index (χ2v) is 10.5. The Morgan fingerprint density at radius 3 is 2.61 bits per heavy atom. The largest absolute Gasteiger partial charge is 0.405 e. The number of allylic oxidation sites excluding steroid dienone is 4. The second-order valence-electron chi connectivity index (χ2n) is 9.38. The molecule has 8 heteroatoms. The van der Waals surface area contributed by atoms with E-state index in [0.717, 1.165) is 41.7 Å². The van der Waals surface area contributed by atoms with Gasteiger partial charge >= 0.3 is 0 Å². The number of carbonyl (C=O) groups excluding carboxylic acids is 2. The number of hydrogen-bond acceptors (Lipinski definition) is 6. The summed E-state index contributed by atoms with van der Waals surface area (Å²) in [5.74, 6) is -0.404. The number of amides is 2. The van der Waals surface area contributed by atoms with Crippen LogP contribution in [0, 0.1) is 0 Å². The van der Waals surface area contributed by atoms with Crippen molar-refractivity contribution < 1.29 is 9.59 Å². The van der Waals surface area contributed by atoms with Gasteiger partial charge in [-0.25, -0.2) is 4.98 Å². The molecular formula is C30H33N5O2S. The van der Waals surface area contributed by atoms with Crippen molar-refractivity contribution in [1.29, 1.82) is 0 Å². The van der Waals surface area contributed by atoms with Crippen LogP contribution in [-0.2, 0) is 19.4 Å². The van der Waals surface area contributed by atoms with E-state index in [1.807, 2.05) is 30.3 Å². The molecule has 0 unspecified atom stereocenters. The van der Waals surface area contributed by atoms with Crippen LogP contribution in [0.1, 0.15) is 48.8 Å². The standard InChI is InChI=1S/C30H33N5O2S/c1-4-6-21(15-16-31)22-9-11-23(12-10-22)28(36)32-19-20-7-5-8-24(17-20)29(37)34-30-33-26-14-13-25(35(2)3)18-27(26)38-30/h4-12,15-17,25H,1,13-14,18-19,31H2,2-3H3,(H,32,36)(H,33,34,37)/b16-15-,21-6+/t25-/m0/s1. The molecular weight excluding hydrogens is 494 g/mol. The molecule has 4 rings (SSSR count). The zero-order chi connectivity index (χ0) is 27.1. The van der Waals surface area contributed by atoms with Crippen LogP contribution in [0.4, 0.5) is 5.13 Å². The summed E-state index contributed by atoms with van der Waals surface area (Å²) < 4.78 is 0. The highest BCUT2D eigenvalue weighted by Crippen LogP contribution is 2.31. The summed E-state index contributed by atoms with van der Waals surface area (Å²) in [7, 11) is 4.20. The minimum Gasteiger partial charge on any atom is -0.405 e. The Morgan fingerprint density at radius 2 is 1.89 bits per heavy atom. The van der Waals surface area contributed by atoms with E-state index in [2.05, 4.69) is 41.2 Å². The molecule has 4 N–H and O–H groups in total. The van der Waals surface area contributed by atoms with Crippen molar-refractivity contribution in [3.8, 4) is 0 Å². The fraction of sp³-hybridized carbons (Fsp3) is 0.233. The van der Waals surface area contributed by atoms with Gasteiger partial charge in [0.05, 0.1) is 5.69 Å². The molecule has 0 radical (unpaired) electrons. The molecule has 1 aliphatic rings. The lowest BCUT2D eigenvalue weighted by Crippen LogP contribution is -2.32. The Morgan fingerprint density at radius 1 is 1.13 bits per heavy atom. The SMILES string of the molecule is C=C/C=C(\C=C/N)c1ccc(C(=O)NCc2cccc(C(=O)Nc3nc4c(s3)C[C@@H](N(C)C)CC4)c2)cc1. The number of nitrogens with zero attached hydrogens (tertiary/aromatic N) is 2. The van der Waals surface area contributed by atoms with Crippen molar-refractivity contribution in [2.75, 3.05) is 19.4 Å². The lowest BCUT2D eigenvalue weighted by Gasteiger charge is -2.27. The van der Waals surface area contributed by atoms with Crippen LogP contribution >= 0.6 is 11.3 Å². The fourth-order valence-corrected chi connectivity index (χ4v) is 5.49. The van der Waals surface area contributed by atoms with Gasteiger partial charge in [-0.15, -0.1) is 11.3 Å². The van der Waals surface area contributed by atoms with Crippen LogP contribution in [0.3, 0.4) is 0 Å². The first kappa shape index (κ1) is 27.0. The van der Waals surface area contributed by atoms with Gasteiger partial charge in [0, 0.05) is 28.6 Å². The number of anilines is 1. The van der Waals surface area contributed by atoms with E-state index in [9.17, 15) is 9.59 Å². The summed E-state index contributed by atoms with van der Waals surface area (Å²) in [4.78, 5) is 33.8. The molecule has 1 atom stereocenters. The van der Waals surface area contributed by atoms with E-state index in [4.69, 9.17) is 5.73 Å². The average molecular weight is 528 g/mol. The van der Waals surface area contributed by atoms with Crippen molar-refractivity contribution >= 4 is 33.9 Å². The second kappa shape index (κ2) is 12.5. The predicted molar refractivity (Wildman–Crippen MR) is 155 cm³/mol. The smallest absolute Gasteiger partial charge is 0.257 e. The van der Waals surface area contributed by atoms with Crippen molar-refractivity contribution in [2.45, 2.75) is 31.8 Å². The lowest BCUT2D eigenvalue weighted by molar-refractivity contribution is 0.0950. The number of benzene rings is 2. The van der Waals surface area contributed by atoms with Gasteiger partial charge < -0.3 is 16.0 Å². The monoisotopic (exact) mass is 527 g/mol. The Bertz CT molecular complexity index is 1370. The third kappa shape index (κ3) is 6.65. The number of fused-ring (bicyclic) bond motifs is 1. The van der Waals surface area contributed by atoms with E-state index < -0.39 is 0 Å². The maximum atomic E-state index is 12.9. The summed E-state index contributed by atoms with van der Waals surface area (Å²) in [6.07, 6.45) is 9.76. The zero-order valence-corrected chi connectivity index (χ0v) is 22.6. The van der Waals surface area contributed by atoms with Crippen LogP contribution in [-0.4, -0.2) is 41.8 Å². The Hall–Kier alpha value is -4.01. The average Bonchev–Trinajstić information content (AvgIpc) is 3.33. The van der Waals surface area contributed by atoms with E-state index in [0.29, 0.717) is 28.8 Å². The first-order valence-electron chi connectivity index (χ1n) is 12.5. The van der Waals surface area contributed by atoms with Gasteiger partial charge in [-0.2, -0.15) is 0 Å².